The fourth-order valence-corrected chi connectivity index (χ4v) is 4.36. The Bertz CT molecular complexity index is 1010. The van der Waals surface area contributed by atoms with Crippen molar-refractivity contribution in [3.8, 4) is 11.4 Å². The molecule has 0 unspecified atom stereocenters. The van der Waals surface area contributed by atoms with Crippen molar-refractivity contribution in [2.24, 2.45) is 0 Å². The zero-order chi connectivity index (χ0) is 19.5. The average Bonchev–Trinajstić information content (AvgIpc) is 3.07. The Labute approximate surface area is 172 Å². The number of rotatable bonds is 5. The van der Waals surface area contributed by atoms with Crippen molar-refractivity contribution in [3.63, 3.8) is 0 Å². The predicted octanol–water partition coefficient (Wildman–Crippen LogP) is 3.60. The van der Waals surface area contributed by atoms with Gasteiger partial charge >= 0.3 is 0 Å². The number of nitrogens with zero attached hydrogens (tertiary/aromatic N) is 3. The van der Waals surface area contributed by atoms with E-state index in [-0.39, 0.29) is 17.7 Å². The quantitative estimate of drug-likeness (QED) is 0.493. The van der Waals surface area contributed by atoms with Crippen molar-refractivity contribution in [1.82, 2.24) is 20.2 Å². The Morgan fingerprint density at radius 2 is 2.00 bits per heavy atom. The summed E-state index contributed by atoms with van der Waals surface area (Å²) in [4.78, 5) is 12.5. The first-order chi connectivity index (χ1) is 13.6. The van der Waals surface area contributed by atoms with Crippen LogP contribution >= 0.6 is 23.4 Å². The molecule has 0 radical (unpaired) electrons. The second-order valence-corrected chi connectivity index (χ2v) is 8.01. The molecule has 1 atom stereocenters. The van der Waals surface area contributed by atoms with Gasteiger partial charge in [-0.1, -0.05) is 59.8 Å². The van der Waals surface area contributed by atoms with Crippen molar-refractivity contribution < 1.29 is 4.79 Å². The monoisotopic (exact) mass is 413 g/mol. The molecule has 1 aliphatic carbocycles. The number of fused-ring (bicyclic) bond motifs is 1. The number of hydrogen-bond acceptors (Lipinski definition) is 5. The molecule has 1 amide bonds. The molecule has 2 aromatic carbocycles. The molecule has 0 saturated carbocycles. The van der Waals surface area contributed by atoms with E-state index in [1.165, 1.54) is 27.6 Å². The van der Waals surface area contributed by atoms with Gasteiger partial charge in [0.15, 0.2) is 5.82 Å². The van der Waals surface area contributed by atoms with Crippen LogP contribution in [-0.2, 0) is 11.2 Å². The lowest BCUT2D eigenvalue weighted by atomic mass is 9.88. The summed E-state index contributed by atoms with van der Waals surface area (Å²) in [6, 6.07) is 15.7. The van der Waals surface area contributed by atoms with Crippen LogP contribution in [0.4, 0.5) is 0 Å². The molecular formula is C20H20ClN5OS. The van der Waals surface area contributed by atoms with E-state index in [1.807, 2.05) is 30.3 Å². The predicted molar refractivity (Wildman–Crippen MR) is 112 cm³/mol. The van der Waals surface area contributed by atoms with Gasteiger partial charge in [0, 0.05) is 5.56 Å². The second-order valence-electron chi connectivity index (χ2n) is 6.66. The highest BCUT2D eigenvalue weighted by molar-refractivity contribution is 7.99. The fourth-order valence-electron chi connectivity index (χ4n) is 3.47. The fraction of sp³-hybridized carbons (Fsp3) is 0.250. The summed E-state index contributed by atoms with van der Waals surface area (Å²) in [6.45, 7) is 0. The number of aromatic nitrogens is 3. The number of aryl methyl sites for hydroxylation is 1. The van der Waals surface area contributed by atoms with Gasteiger partial charge in [0.25, 0.3) is 0 Å². The number of benzene rings is 2. The number of thioether (sulfide) groups is 1. The summed E-state index contributed by atoms with van der Waals surface area (Å²) in [7, 11) is 0. The smallest absolute Gasteiger partial charge is 0.230 e. The number of nitrogen functional groups attached to an aromatic ring is 1. The third-order valence-corrected chi connectivity index (χ3v) is 6.09. The highest BCUT2D eigenvalue weighted by Gasteiger charge is 2.22. The van der Waals surface area contributed by atoms with E-state index in [0.29, 0.717) is 21.6 Å². The molecule has 144 valence electrons. The van der Waals surface area contributed by atoms with Crippen LogP contribution in [0.1, 0.15) is 30.0 Å². The van der Waals surface area contributed by atoms with Gasteiger partial charge in [-0.3, -0.25) is 4.79 Å². The molecule has 1 aromatic heterocycles. The van der Waals surface area contributed by atoms with E-state index in [2.05, 4.69) is 27.6 Å². The van der Waals surface area contributed by atoms with Crippen molar-refractivity contribution in [1.29, 1.82) is 0 Å². The van der Waals surface area contributed by atoms with Crippen molar-refractivity contribution in [2.45, 2.75) is 30.5 Å². The summed E-state index contributed by atoms with van der Waals surface area (Å²) in [5.41, 5.74) is 3.24. The average molecular weight is 414 g/mol. The lowest BCUT2D eigenvalue weighted by molar-refractivity contribution is -0.119. The summed E-state index contributed by atoms with van der Waals surface area (Å²) in [5.74, 6) is 6.76. The molecule has 8 heteroatoms. The molecule has 0 bridgehead atoms. The third-order valence-electron chi connectivity index (χ3n) is 4.82. The van der Waals surface area contributed by atoms with Crippen LogP contribution in [-0.4, -0.2) is 26.5 Å². The minimum atomic E-state index is -0.0472. The van der Waals surface area contributed by atoms with Crippen LogP contribution in [0.3, 0.4) is 0 Å². The number of carbonyl (C=O) groups is 1. The van der Waals surface area contributed by atoms with Crippen LogP contribution in [0, 0.1) is 0 Å². The van der Waals surface area contributed by atoms with E-state index < -0.39 is 0 Å². The maximum atomic E-state index is 12.5. The molecule has 28 heavy (non-hydrogen) atoms. The van der Waals surface area contributed by atoms with Crippen LogP contribution in [0.2, 0.25) is 5.02 Å². The van der Waals surface area contributed by atoms with Crippen LogP contribution < -0.4 is 11.2 Å². The van der Waals surface area contributed by atoms with E-state index in [9.17, 15) is 4.79 Å². The van der Waals surface area contributed by atoms with Gasteiger partial charge in [-0.2, -0.15) is 0 Å². The minimum Gasteiger partial charge on any atom is -0.349 e. The van der Waals surface area contributed by atoms with Gasteiger partial charge < -0.3 is 11.2 Å². The lowest BCUT2D eigenvalue weighted by Gasteiger charge is -2.26. The Kier molecular flexibility index (Phi) is 5.54. The molecule has 0 saturated heterocycles. The zero-order valence-electron chi connectivity index (χ0n) is 15.1. The number of amides is 1. The molecule has 1 aliphatic rings. The first-order valence-electron chi connectivity index (χ1n) is 9.09. The van der Waals surface area contributed by atoms with Crippen LogP contribution in [0.5, 0.6) is 0 Å². The first-order valence-corrected chi connectivity index (χ1v) is 10.4. The number of nitrogens with two attached hydrogens (primary N) is 1. The van der Waals surface area contributed by atoms with Gasteiger partial charge in [0.05, 0.1) is 16.8 Å². The van der Waals surface area contributed by atoms with Gasteiger partial charge in [0.1, 0.15) is 0 Å². The van der Waals surface area contributed by atoms with E-state index >= 15 is 0 Å². The molecule has 3 N–H and O–H groups in total. The molecular weight excluding hydrogens is 394 g/mol. The molecule has 0 aliphatic heterocycles. The third kappa shape index (κ3) is 3.86. The summed E-state index contributed by atoms with van der Waals surface area (Å²) in [6.07, 6.45) is 3.10. The van der Waals surface area contributed by atoms with Crippen molar-refractivity contribution in [3.05, 3.63) is 64.7 Å². The standard InChI is InChI=1S/C20H20ClN5OS/c21-16-10-4-3-9-15(16)19-24-25-20(26(19)22)28-12-18(27)23-17-11-5-7-13-6-1-2-8-14(13)17/h1-4,6,8-10,17H,5,7,11-12,22H2,(H,23,27)/t17-/m0/s1. The molecule has 0 spiro atoms. The topological polar surface area (TPSA) is 85.8 Å². The second kappa shape index (κ2) is 8.24. The Morgan fingerprint density at radius 3 is 2.86 bits per heavy atom. The van der Waals surface area contributed by atoms with Gasteiger partial charge in [0.2, 0.25) is 11.1 Å². The highest BCUT2D eigenvalue weighted by Crippen LogP contribution is 2.30. The van der Waals surface area contributed by atoms with E-state index in [4.69, 9.17) is 17.4 Å². The maximum Gasteiger partial charge on any atom is 0.230 e. The molecule has 0 fully saturated rings. The zero-order valence-corrected chi connectivity index (χ0v) is 16.7. The van der Waals surface area contributed by atoms with Gasteiger partial charge in [-0.25, -0.2) is 4.68 Å². The Hall–Kier alpha value is -2.51. The summed E-state index contributed by atoms with van der Waals surface area (Å²) >= 11 is 7.47. The number of hydrogen-bond donors (Lipinski definition) is 2. The van der Waals surface area contributed by atoms with E-state index in [1.54, 1.807) is 6.07 Å². The Balaban J connectivity index is 1.41. The molecule has 1 heterocycles. The number of carbonyl (C=O) groups excluding carboxylic acids is 1. The number of halogens is 1. The minimum absolute atomic E-state index is 0.0472. The SMILES string of the molecule is Nn1c(SCC(=O)N[C@H]2CCCc3ccccc32)nnc1-c1ccccc1Cl. The van der Waals surface area contributed by atoms with Crippen molar-refractivity contribution in [2.75, 3.05) is 11.6 Å². The summed E-state index contributed by atoms with van der Waals surface area (Å²) in [5, 5.41) is 12.4. The van der Waals surface area contributed by atoms with E-state index in [0.717, 1.165) is 19.3 Å². The normalized spacial score (nSPS) is 15.8. The number of nitrogens with one attached hydrogen (secondary N) is 1. The molecule has 6 nitrogen and oxygen atoms in total. The summed E-state index contributed by atoms with van der Waals surface area (Å²) < 4.78 is 1.37. The first kappa shape index (κ1) is 18.8. The van der Waals surface area contributed by atoms with Crippen LogP contribution in [0.25, 0.3) is 11.4 Å². The highest BCUT2D eigenvalue weighted by atomic mass is 35.5. The van der Waals surface area contributed by atoms with Crippen LogP contribution in [0.15, 0.2) is 53.7 Å². The maximum absolute atomic E-state index is 12.5. The van der Waals surface area contributed by atoms with Gasteiger partial charge in [-0.05, 0) is 42.5 Å². The largest absolute Gasteiger partial charge is 0.349 e. The Morgan fingerprint density at radius 1 is 1.21 bits per heavy atom. The lowest BCUT2D eigenvalue weighted by Crippen LogP contribution is -2.32. The van der Waals surface area contributed by atoms with Gasteiger partial charge in [-0.15, -0.1) is 10.2 Å². The molecule has 3 aromatic rings. The van der Waals surface area contributed by atoms with Crippen molar-refractivity contribution >= 4 is 29.3 Å². The molecule has 4 rings (SSSR count).